The minimum atomic E-state index is -0.637. The molecule has 0 saturated carbocycles. The SMILES string of the molecule is CCc1ccc(OC(C)C(=O)Nc2ccc(C(=O)N3CCOCC3)cc2)cc1. The summed E-state index contributed by atoms with van der Waals surface area (Å²) in [5.41, 5.74) is 2.44. The number of carbonyl (C=O) groups excluding carboxylic acids is 2. The van der Waals surface area contributed by atoms with Crippen molar-refractivity contribution in [3.8, 4) is 5.75 Å². The zero-order valence-corrected chi connectivity index (χ0v) is 16.3. The molecule has 1 N–H and O–H groups in total. The van der Waals surface area contributed by atoms with Crippen molar-refractivity contribution in [2.75, 3.05) is 31.6 Å². The molecule has 6 heteroatoms. The number of morpholine rings is 1. The fraction of sp³-hybridized carbons (Fsp3) is 0.364. The minimum Gasteiger partial charge on any atom is -0.481 e. The second-order valence-corrected chi connectivity index (χ2v) is 6.73. The zero-order chi connectivity index (χ0) is 19.9. The first-order valence-corrected chi connectivity index (χ1v) is 9.60. The minimum absolute atomic E-state index is 0.0200. The molecule has 0 spiro atoms. The van der Waals surface area contributed by atoms with Gasteiger partial charge in [0.15, 0.2) is 6.10 Å². The van der Waals surface area contributed by atoms with Crippen LogP contribution in [0.2, 0.25) is 0 Å². The van der Waals surface area contributed by atoms with Gasteiger partial charge in [-0.25, -0.2) is 0 Å². The zero-order valence-electron chi connectivity index (χ0n) is 16.3. The highest BCUT2D eigenvalue weighted by atomic mass is 16.5. The average molecular weight is 382 g/mol. The molecule has 2 amide bonds. The third-order valence-electron chi connectivity index (χ3n) is 4.71. The van der Waals surface area contributed by atoms with Gasteiger partial charge in [0.1, 0.15) is 5.75 Å². The highest BCUT2D eigenvalue weighted by Crippen LogP contribution is 2.16. The normalized spacial score (nSPS) is 15.0. The summed E-state index contributed by atoms with van der Waals surface area (Å²) in [4.78, 5) is 26.6. The van der Waals surface area contributed by atoms with Crippen LogP contribution in [-0.2, 0) is 16.0 Å². The molecule has 1 aliphatic heterocycles. The van der Waals surface area contributed by atoms with E-state index in [-0.39, 0.29) is 11.8 Å². The van der Waals surface area contributed by atoms with Crippen LogP contribution in [-0.4, -0.2) is 49.1 Å². The summed E-state index contributed by atoms with van der Waals surface area (Å²) in [6.07, 6.45) is 0.322. The predicted molar refractivity (Wildman–Crippen MR) is 108 cm³/mol. The number of amides is 2. The largest absolute Gasteiger partial charge is 0.481 e. The van der Waals surface area contributed by atoms with Gasteiger partial charge in [0.05, 0.1) is 13.2 Å². The topological polar surface area (TPSA) is 67.9 Å². The Labute approximate surface area is 165 Å². The van der Waals surface area contributed by atoms with Gasteiger partial charge in [-0.05, 0) is 55.3 Å². The first kappa shape index (κ1) is 19.9. The van der Waals surface area contributed by atoms with Crippen LogP contribution in [0.15, 0.2) is 48.5 Å². The monoisotopic (exact) mass is 382 g/mol. The lowest BCUT2D eigenvalue weighted by Gasteiger charge is -2.26. The van der Waals surface area contributed by atoms with Gasteiger partial charge in [0.25, 0.3) is 11.8 Å². The van der Waals surface area contributed by atoms with Crippen molar-refractivity contribution in [1.29, 1.82) is 0 Å². The van der Waals surface area contributed by atoms with Crippen LogP contribution in [0, 0.1) is 0 Å². The molecular weight excluding hydrogens is 356 g/mol. The molecule has 28 heavy (non-hydrogen) atoms. The van der Waals surface area contributed by atoms with E-state index in [0.29, 0.717) is 43.3 Å². The number of aryl methyl sites for hydroxylation is 1. The van der Waals surface area contributed by atoms with Gasteiger partial charge >= 0.3 is 0 Å². The van der Waals surface area contributed by atoms with E-state index in [1.165, 1.54) is 5.56 Å². The quantitative estimate of drug-likeness (QED) is 0.834. The van der Waals surface area contributed by atoms with Crippen LogP contribution >= 0.6 is 0 Å². The second kappa shape index (κ2) is 9.37. The van der Waals surface area contributed by atoms with Crippen molar-refractivity contribution in [3.05, 3.63) is 59.7 Å². The molecule has 3 rings (SSSR count). The van der Waals surface area contributed by atoms with Crippen LogP contribution in [0.3, 0.4) is 0 Å². The number of nitrogens with zero attached hydrogens (tertiary/aromatic N) is 1. The Kier molecular flexibility index (Phi) is 6.66. The molecule has 1 aliphatic rings. The number of hydrogen-bond acceptors (Lipinski definition) is 4. The van der Waals surface area contributed by atoms with E-state index in [0.717, 1.165) is 6.42 Å². The Morgan fingerprint density at radius 3 is 2.32 bits per heavy atom. The standard InChI is InChI=1S/C22H26N2O4/c1-3-17-4-10-20(11-5-17)28-16(2)21(25)23-19-8-6-18(7-9-19)22(26)24-12-14-27-15-13-24/h4-11,16H,3,12-15H2,1-2H3,(H,23,25). The van der Waals surface area contributed by atoms with Crippen molar-refractivity contribution in [3.63, 3.8) is 0 Å². The number of ether oxygens (including phenoxy) is 2. The average Bonchev–Trinajstić information content (AvgIpc) is 2.75. The Bertz CT molecular complexity index is 796. The summed E-state index contributed by atoms with van der Waals surface area (Å²) in [5, 5.41) is 2.82. The first-order valence-electron chi connectivity index (χ1n) is 9.60. The molecule has 1 saturated heterocycles. The third-order valence-corrected chi connectivity index (χ3v) is 4.71. The molecule has 2 aromatic carbocycles. The lowest BCUT2D eigenvalue weighted by molar-refractivity contribution is -0.122. The van der Waals surface area contributed by atoms with Crippen LogP contribution in [0.4, 0.5) is 5.69 Å². The number of nitrogens with one attached hydrogen (secondary N) is 1. The number of benzene rings is 2. The number of carbonyl (C=O) groups is 2. The Hall–Kier alpha value is -2.86. The highest BCUT2D eigenvalue weighted by molar-refractivity contribution is 5.96. The Morgan fingerprint density at radius 1 is 1.07 bits per heavy atom. The van der Waals surface area contributed by atoms with Gasteiger partial charge in [0.2, 0.25) is 0 Å². The van der Waals surface area contributed by atoms with Crippen LogP contribution in [0.1, 0.15) is 29.8 Å². The molecule has 0 radical (unpaired) electrons. The summed E-state index contributed by atoms with van der Waals surface area (Å²) in [5.74, 6) is 0.395. The van der Waals surface area contributed by atoms with Gasteiger partial charge in [-0.3, -0.25) is 9.59 Å². The molecule has 0 bridgehead atoms. The van der Waals surface area contributed by atoms with E-state index in [1.807, 2.05) is 24.3 Å². The van der Waals surface area contributed by atoms with Crippen molar-refractivity contribution in [2.24, 2.45) is 0 Å². The van der Waals surface area contributed by atoms with Crippen molar-refractivity contribution in [2.45, 2.75) is 26.4 Å². The van der Waals surface area contributed by atoms with Crippen LogP contribution in [0.5, 0.6) is 5.75 Å². The molecule has 1 unspecified atom stereocenters. The highest BCUT2D eigenvalue weighted by Gasteiger charge is 2.19. The van der Waals surface area contributed by atoms with Crippen molar-refractivity contribution in [1.82, 2.24) is 4.90 Å². The molecule has 1 heterocycles. The molecule has 6 nitrogen and oxygen atoms in total. The summed E-state index contributed by atoms with van der Waals surface area (Å²) in [6.45, 7) is 6.14. The third kappa shape index (κ3) is 5.10. The number of anilines is 1. The van der Waals surface area contributed by atoms with Gasteiger partial charge in [-0.2, -0.15) is 0 Å². The molecule has 1 fully saturated rings. The van der Waals surface area contributed by atoms with Gasteiger partial charge in [-0.1, -0.05) is 19.1 Å². The van der Waals surface area contributed by atoms with Gasteiger partial charge in [-0.15, -0.1) is 0 Å². The first-order chi connectivity index (χ1) is 13.6. The van der Waals surface area contributed by atoms with E-state index in [9.17, 15) is 9.59 Å². The maximum absolute atomic E-state index is 12.5. The Balaban J connectivity index is 1.55. The fourth-order valence-electron chi connectivity index (χ4n) is 2.95. The van der Waals surface area contributed by atoms with Gasteiger partial charge < -0.3 is 19.7 Å². The molecule has 148 valence electrons. The summed E-state index contributed by atoms with van der Waals surface area (Å²) < 4.78 is 11.0. The fourth-order valence-corrected chi connectivity index (χ4v) is 2.95. The van der Waals surface area contributed by atoms with E-state index in [1.54, 1.807) is 36.1 Å². The van der Waals surface area contributed by atoms with Crippen molar-refractivity contribution >= 4 is 17.5 Å². The van der Waals surface area contributed by atoms with Crippen LogP contribution in [0.25, 0.3) is 0 Å². The smallest absolute Gasteiger partial charge is 0.265 e. The Morgan fingerprint density at radius 2 is 1.71 bits per heavy atom. The maximum Gasteiger partial charge on any atom is 0.265 e. The van der Waals surface area contributed by atoms with Gasteiger partial charge in [0, 0.05) is 24.3 Å². The summed E-state index contributed by atoms with van der Waals surface area (Å²) in [6, 6.07) is 14.6. The molecule has 1 atom stereocenters. The molecule has 2 aromatic rings. The summed E-state index contributed by atoms with van der Waals surface area (Å²) in [7, 11) is 0. The van der Waals surface area contributed by atoms with Crippen molar-refractivity contribution < 1.29 is 19.1 Å². The lowest BCUT2D eigenvalue weighted by atomic mass is 10.1. The maximum atomic E-state index is 12.5. The lowest BCUT2D eigenvalue weighted by Crippen LogP contribution is -2.40. The van der Waals surface area contributed by atoms with Crippen LogP contribution < -0.4 is 10.1 Å². The second-order valence-electron chi connectivity index (χ2n) is 6.73. The molecular formula is C22H26N2O4. The summed E-state index contributed by atoms with van der Waals surface area (Å²) >= 11 is 0. The molecule has 0 aliphatic carbocycles. The number of rotatable bonds is 6. The van der Waals surface area contributed by atoms with E-state index >= 15 is 0 Å². The molecule has 0 aromatic heterocycles. The predicted octanol–water partition coefficient (Wildman–Crippen LogP) is 3.13. The van der Waals surface area contributed by atoms with E-state index in [4.69, 9.17) is 9.47 Å². The number of hydrogen-bond donors (Lipinski definition) is 1. The van der Waals surface area contributed by atoms with E-state index in [2.05, 4.69) is 12.2 Å². The van der Waals surface area contributed by atoms with E-state index < -0.39 is 6.10 Å².